The summed E-state index contributed by atoms with van der Waals surface area (Å²) in [5.74, 6) is 0.0884. The molecular formula is C21H23NO3. The van der Waals surface area contributed by atoms with Crippen LogP contribution in [0.1, 0.15) is 36.3 Å². The summed E-state index contributed by atoms with van der Waals surface area (Å²) in [6, 6.07) is 16.6. The van der Waals surface area contributed by atoms with Crippen molar-refractivity contribution in [3.63, 3.8) is 0 Å². The van der Waals surface area contributed by atoms with E-state index < -0.39 is 0 Å². The number of aliphatic hydroxyl groups is 1. The van der Waals surface area contributed by atoms with Gasteiger partial charge in [-0.2, -0.15) is 0 Å². The topological polar surface area (TPSA) is 58.6 Å². The number of ether oxygens (including phenoxy) is 1. The molecule has 0 spiro atoms. The first-order valence-electron chi connectivity index (χ1n) is 8.92. The lowest BCUT2D eigenvalue weighted by molar-refractivity contribution is 0.139. The van der Waals surface area contributed by atoms with Crippen LogP contribution >= 0.6 is 0 Å². The van der Waals surface area contributed by atoms with Crippen LogP contribution in [0.15, 0.2) is 48.5 Å². The molecule has 0 aliphatic heterocycles. The highest BCUT2D eigenvalue weighted by molar-refractivity contribution is 5.79. The van der Waals surface area contributed by atoms with Crippen LogP contribution in [0.25, 0.3) is 11.1 Å². The number of carbonyl (C=O) groups excluding carboxylic acids is 1. The third kappa shape index (κ3) is 3.14. The first kappa shape index (κ1) is 16.2. The van der Waals surface area contributed by atoms with E-state index >= 15 is 0 Å². The molecule has 0 atom stereocenters. The number of alkyl carbamates (subject to hydrolysis) is 1. The SMILES string of the molecule is O=C(NCC1(CCO)CC1)OCC1c2ccccc2-c2ccccc21. The molecule has 4 rings (SSSR count). The minimum absolute atomic E-state index is 0.0884. The van der Waals surface area contributed by atoms with E-state index in [1.807, 2.05) is 24.3 Å². The molecule has 130 valence electrons. The molecule has 2 aromatic rings. The standard InChI is InChI=1S/C21H23NO3/c23-12-11-21(9-10-21)14-22-20(24)25-13-19-17-7-3-1-5-15(17)16-6-2-4-8-18(16)19/h1-8,19,23H,9-14H2,(H,22,24). The van der Waals surface area contributed by atoms with Crippen LogP contribution in [0.3, 0.4) is 0 Å². The minimum Gasteiger partial charge on any atom is -0.449 e. The Balaban J connectivity index is 1.40. The van der Waals surface area contributed by atoms with Gasteiger partial charge in [0.05, 0.1) is 0 Å². The summed E-state index contributed by atoms with van der Waals surface area (Å²) < 4.78 is 5.53. The second-order valence-electron chi connectivity index (χ2n) is 7.15. The van der Waals surface area contributed by atoms with Crippen molar-refractivity contribution in [1.29, 1.82) is 0 Å². The van der Waals surface area contributed by atoms with Gasteiger partial charge >= 0.3 is 6.09 Å². The van der Waals surface area contributed by atoms with Crippen molar-refractivity contribution in [3.05, 3.63) is 59.7 Å². The van der Waals surface area contributed by atoms with Crippen LogP contribution in [0, 0.1) is 5.41 Å². The largest absolute Gasteiger partial charge is 0.449 e. The fourth-order valence-electron chi connectivity index (χ4n) is 3.84. The maximum Gasteiger partial charge on any atom is 0.407 e. The second kappa shape index (κ2) is 6.52. The maximum atomic E-state index is 12.1. The highest BCUT2D eigenvalue weighted by atomic mass is 16.5. The zero-order valence-corrected chi connectivity index (χ0v) is 14.2. The Morgan fingerprint density at radius 2 is 1.68 bits per heavy atom. The summed E-state index contributed by atoms with van der Waals surface area (Å²) in [5, 5.41) is 12.0. The molecular weight excluding hydrogens is 314 g/mol. The van der Waals surface area contributed by atoms with Crippen LogP contribution in [0.5, 0.6) is 0 Å². The molecule has 1 fully saturated rings. The molecule has 0 bridgehead atoms. The summed E-state index contributed by atoms with van der Waals surface area (Å²) in [6.07, 6.45) is 2.51. The molecule has 4 nitrogen and oxygen atoms in total. The average Bonchev–Trinajstić information content (AvgIpc) is 3.34. The number of carbonyl (C=O) groups is 1. The first-order valence-corrected chi connectivity index (χ1v) is 8.92. The van der Waals surface area contributed by atoms with Crippen molar-refractivity contribution >= 4 is 6.09 Å². The van der Waals surface area contributed by atoms with Gasteiger partial charge in [0.1, 0.15) is 6.61 Å². The van der Waals surface area contributed by atoms with Crippen molar-refractivity contribution in [2.45, 2.75) is 25.2 Å². The van der Waals surface area contributed by atoms with Gasteiger partial charge < -0.3 is 15.2 Å². The first-order chi connectivity index (χ1) is 12.2. The monoisotopic (exact) mass is 337 g/mol. The molecule has 0 radical (unpaired) electrons. The Morgan fingerprint density at radius 3 is 2.24 bits per heavy atom. The van der Waals surface area contributed by atoms with E-state index in [-0.39, 0.29) is 24.0 Å². The summed E-state index contributed by atoms with van der Waals surface area (Å²) >= 11 is 0. The maximum absolute atomic E-state index is 12.1. The molecule has 1 amide bonds. The van der Waals surface area contributed by atoms with Crippen LogP contribution in [0.4, 0.5) is 4.79 Å². The fraction of sp³-hybridized carbons (Fsp3) is 0.381. The highest BCUT2D eigenvalue weighted by Gasteiger charge is 2.42. The van der Waals surface area contributed by atoms with E-state index in [1.54, 1.807) is 0 Å². The summed E-state index contributed by atoms with van der Waals surface area (Å²) in [5.41, 5.74) is 4.99. The van der Waals surface area contributed by atoms with Crippen molar-refractivity contribution in [2.75, 3.05) is 19.8 Å². The average molecular weight is 337 g/mol. The smallest absolute Gasteiger partial charge is 0.407 e. The third-order valence-electron chi connectivity index (χ3n) is 5.55. The van der Waals surface area contributed by atoms with Crippen LogP contribution in [-0.2, 0) is 4.74 Å². The van der Waals surface area contributed by atoms with E-state index in [4.69, 9.17) is 9.84 Å². The number of fused-ring (bicyclic) bond motifs is 3. The Kier molecular flexibility index (Phi) is 4.22. The predicted octanol–water partition coefficient (Wildman–Crippen LogP) is 3.69. The molecule has 0 saturated heterocycles. The molecule has 4 heteroatoms. The van der Waals surface area contributed by atoms with E-state index in [0.717, 1.165) is 19.3 Å². The van der Waals surface area contributed by atoms with Gasteiger partial charge in [0.15, 0.2) is 0 Å². The number of nitrogens with one attached hydrogen (secondary N) is 1. The summed E-state index contributed by atoms with van der Waals surface area (Å²) in [7, 11) is 0. The molecule has 2 aromatic carbocycles. The van der Waals surface area contributed by atoms with Crippen LogP contribution in [0.2, 0.25) is 0 Å². The van der Waals surface area contributed by atoms with Gasteiger partial charge in [-0.3, -0.25) is 0 Å². The lowest BCUT2D eigenvalue weighted by atomic mass is 9.98. The Morgan fingerprint density at radius 1 is 1.08 bits per heavy atom. The van der Waals surface area contributed by atoms with Gasteiger partial charge in [-0.05, 0) is 46.9 Å². The van der Waals surface area contributed by atoms with E-state index in [0.29, 0.717) is 13.2 Å². The van der Waals surface area contributed by atoms with Crippen molar-refractivity contribution in [3.8, 4) is 11.1 Å². The zero-order chi connectivity index (χ0) is 17.3. The Hall–Kier alpha value is -2.33. The minimum atomic E-state index is -0.369. The van der Waals surface area contributed by atoms with Crippen molar-refractivity contribution in [2.24, 2.45) is 5.41 Å². The molecule has 0 unspecified atom stereocenters. The molecule has 2 aliphatic rings. The van der Waals surface area contributed by atoms with Gasteiger partial charge in [-0.1, -0.05) is 48.5 Å². The molecule has 2 N–H and O–H groups in total. The van der Waals surface area contributed by atoms with Gasteiger partial charge in [0.25, 0.3) is 0 Å². The molecule has 0 aromatic heterocycles. The number of amides is 1. The quantitative estimate of drug-likeness (QED) is 0.845. The normalized spacial score (nSPS) is 16.8. The number of hydrogen-bond acceptors (Lipinski definition) is 3. The second-order valence-corrected chi connectivity index (χ2v) is 7.15. The Labute approximate surface area is 147 Å². The van der Waals surface area contributed by atoms with Gasteiger partial charge in [-0.15, -0.1) is 0 Å². The Bertz CT molecular complexity index is 737. The molecule has 0 heterocycles. The summed E-state index contributed by atoms with van der Waals surface area (Å²) in [4.78, 5) is 12.1. The van der Waals surface area contributed by atoms with Crippen LogP contribution in [-0.4, -0.2) is 31.0 Å². The number of hydrogen-bond donors (Lipinski definition) is 2. The third-order valence-corrected chi connectivity index (χ3v) is 5.55. The lowest BCUT2D eigenvalue weighted by Crippen LogP contribution is -2.32. The number of benzene rings is 2. The molecule has 25 heavy (non-hydrogen) atoms. The van der Waals surface area contributed by atoms with Gasteiger partial charge in [0.2, 0.25) is 0 Å². The summed E-state index contributed by atoms with van der Waals surface area (Å²) in [6.45, 7) is 1.10. The molecule has 2 aliphatic carbocycles. The van der Waals surface area contributed by atoms with E-state index in [1.165, 1.54) is 22.3 Å². The van der Waals surface area contributed by atoms with Crippen LogP contribution < -0.4 is 5.32 Å². The van der Waals surface area contributed by atoms with Gasteiger partial charge in [-0.25, -0.2) is 4.79 Å². The number of aliphatic hydroxyl groups excluding tert-OH is 1. The lowest BCUT2D eigenvalue weighted by Gasteiger charge is -2.17. The molecule has 1 saturated carbocycles. The van der Waals surface area contributed by atoms with E-state index in [9.17, 15) is 4.79 Å². The zero-order valence-electron chi connectivity index (χ0n) is 14.2. The van der Waals surface area contributed by atoms with E-state index in [2.05, 4.69) is 29.6 Å². The highest BCUT2D eigenvalue weighted by Crippen LogP contribution is 2.48. The van der Waals surface area contributed by atoms with Crippen molar-refractivity contribution in [1.82, 2.24) is 5.32 Å². The predicted molar refractivity (Wildman–Crippen MR) is 96.4 cm³/mol. The van der Waals surface area contributed by atoms with Gasteiger partial charge in [0, 0.05) is 19.1 Å². The van der Waals surface area contributed by atoms with Crippen molar-refractivity contribution < 1.29 is 14.6 Å². The number of rotatable bonds is 6. The fourth-order valence-corrected chi connectivity index (χ4v) is 3.84.